The van der Waals surface area contributed by atoms with Crippen molar-refractivity contribution >= 4 is 5.95 Å². The minimum atomic E-state index is 0.764. The quantitative estimate of drug-likeness (QED) is 0.849. The first kappa shape index (κ1) is 12.4. The highest BCUT2D eigenvalue weighted by Crippen LogP contribution is 2.16. The number of piperidine rings is 1. The van der Waals surface area contributed by atoms with Crippen molar-refractivity contribution in [1.29, 1.82) is 0 Å². The molecule has 0 saturated carbocycles. The number of hydrogen-bond donors (Lipinski definition) is 1. The van der Waals surface area contributed by atoms with Gasteiger partial charge in [0.15, 0.2) is 0 Å². The maximum Gasteiger partial charge on any atom is 0.202 e. The Morgan fingerprint density at radius 2 is 2.41 bits per heavy atom. The summed E-state index contributed by atoms with van der Waals surface area (Å²) in [4.78, 5) is 6.80. The molecule has 4 nitrogen and oxygen atoms in total. The first-order valence-corrected chi connectivity index (χ1v) is 6.73. The molecule has 0 amide bonds. The van der Waals surface area contributed by atoms with Crippen LogP contribution in [0.4, 0.5) is 5.95 Å². The first-order chi connectivity index (χ1) is 8.29. The molecule has 1 N–H and O–H groups in total. The first-order valence-electron chi connectivity index (χ1n) is 6.73. The SMILES string of the molecule is CCCn1ccnc1NCC1CCCN(C)C1. The van der Waals surface area contributed by atoms with Gasteiger partial charge in [0, 0.05) is 32.0 Å². The van der Waals surface area contributed by atoms with E-state index >= 15 is 0 Å². The summed E-state index contributed by atoms with van der Waals surface area (Å²) in [6.07, 6.45) is 7.75. The molecule has 4 heteroatoms. The van der Waals surface area contributed by atoms with Crippen molar-refractivity contribution in [3.8, 4) is 0 Å². The molecule has 1 unspecified atom stereocenters. The molecular weight excluding hydrogens is 212 g/mol. The van der Waals surface area contributed by atoms with Gasteiger partial charge in [-0.1, -0.05) is 6.92 Å². The maximum atomic E-state index is 4.38. The largest absolute Gasteiger partial charge is 0.355 e. The third-order valence-electron chi connectivity index (χ3n) is 3.45. The van der Waals surface area contributed by atoms with E-state index in [0.29, 0.717) is 0 Å². The van der Waals surface area contributed by atoms with E-state index in [1.54, 1.807) is 0 Å². The summed E-state index contributed by atoms with van der Waals surface area (Å²) in [5.74, 6) is 1.79. The number of imidazole rings is 1. The fourth-order valence-corrected chi connectivity index (χ4v) is 2.57. The van der Waals surface area contributed by atoms with Crippen LogP contribution in [0.3, 0.4) is 0 Å². The number of nitrogens with one attached hydrogen (secondary N) is 1. The Kier molecular flexibility index (Phi) is 4.42. The van der Waals surface area contributed by atoms with E-state index in [0.717, 1.165) is 31.4 Å². The standard InChI is InChI=1S/C13H24N4/c1-3-7-17-9-6-14-13(17)15-10-12-5-4-8-16(2)11-12/h6,9,12H,3-5,7-8,10-11H2,1-2H3,(H,14,15). The summed E-state index contributed by atoms with van der Waals surface area (Å²) < 4.78 is 2.20. The highest BCUT2D eigenvalue weighted by atomic mass is 15.2. The third kappa shape index (κ3) is 3.46. The number of aryl methyl sites for hydroxylation is 1. The van der Waals surface area contributed by atoms with Gasteiger partial charge in [0.2, 0.25) is 5.95 Å². The zero-order valence-electron chi connectivity index (χ0n) is 11.0. The summed E-state index contributed by atoms with van der Waals surface area (Å²) in [5, 5.41) is 3.49. The molecule has 1 atom stereocenters. The van der Waals surface area contributed by atoms with E-state index in [2.05, 4.69) is 39.9 Å². The Balaban J connectivity index is 1.82. The average molecular weight is 236 g/mol. The molecule has 1 aromatic heterocycles. The second-order valence-electron chi connectivity index (χ2n) is 5.10. The normalized spacial score (nSPS) is 21.6. The van der Waals surface area contributed by atoms with Gasteiger partial charge < -0.3 is 14.8 Å². The Morgan fingerprint density at radius 3 is 3.18 bits per heavy atom. The van der Waals surface area contributed by atoms with Crippen molar-refractivity contribution in [3.63, 3.8) is 0 Å². The number of anilines is 1. The summed E-state index contributed by atoms with van der Waals surface area (Å²) in [7, 11) is 2.21. The van der Waals surface area contributed by atoms with E-state index in [4.69, 9.17) is 0 Å². The Morgan fingerprint density at radius 1 is 1.53 bits per heavy atom. The number of likely N-dealkylation sites (tertiary alicyclic amines) is 1. The van der Waals surface area contributed by atoms with Crippen LogP contribution in [0.1, 0.15) is 26.2 Å². The molecule has 0 spiro atoms. The van der Waals surface area contributed by atoms with Crippen LogP contribution >= 0.6 is 0 Å². The van der Waals surface area contributed by atoms with E-state index in [1.165, 1.54) is 25.9 Å². The van der Waals surface area contributed by atoms with Crippen LogP contribution in [0.2, 0.25) is 0 Å². The Hall–Kier alpha value is -1.03. The molecule has 0 aromatic carbocycles. The van der Waals surface area contributed by atoms with Crippen molar-refractivity contribution in [3.05, 3.63) is 12.4 Å². The number of nitrogens with zero attached hydrogens (tertiary/aromatic N) is 3. The van der Waals surface area contributed by atoms with Crippen LogP contribution in [0.25, 0.3) is 0 Å². The van der Waals surface area contributed by atoms with Crippen molar-refractivity contribution in [2.75, 3.05) is 32.0 Å². The Labute approximate surface area is 104 Å². The number of aromatic nitrogens is 2. The lowest BCUT2D eigenvalue weighted by molar-refractivity contribution is 0.217. The van der Waals surface area contributed by atoms with Gasteiger partial charge in [0.1, 0.15) is 0 Å². The summed E-state index contributed by atoms with van der Waals surface area (Å²) in [6, 6.07) is 0. The molecule has 1 aromatic rings. The van der Waals surface area contributed by atoms with E-state index < -0.39 is 0 Å². The average Bonchev–Trinajstić information content (AvgIpc) is 2.75. The van der Waals surface area contributed by atoms with E-state index in [-0.39, 0.29) is 0 Å². The molecule has 1 aliphatic rings. The van der Waals surface area contributed by atoms with Gasteiger partial charge in [0.25, 0.3) is 0 Å². The fraction of sp³-hybridized carbons (Fsp3) is 0.769. The third-order valence-corrected chi connectivity index (χ3v) is 3.45. The van der Waals surface area contributed by atoms with Gasteiger partial charge >= 0.3 is 0 Å². The van der Waals surface area contributed by atoms with Gasteiger partial charge in [0.05, 0.1) is 0 Å². The van der Waals surface area contributed by atoms with Gasteiger partial charge in [-0.25, -0.2) is 4.98 Å². The monoisotopic (exact) mass is 236 g/mol. The lowest BCUT2D eigenvalue weighted by Crippen LogP contribution is -2.35. The van der Waals surface area contributed by atoms with Gasteiger partial charge in [-0.05, 0) is 38.8 Å². The zero-order chi connectivity index (χ0) is 12.1. The van der Waals surface area contributed by atoms with Crippen molar-refractivity contribution < 1.29 is 0 Å². The van der Waals surface area contributed by atoms with Crippen LogP contribution in [0.5, 0.6) is 0 Å². The summed E-state index contributed by atoms with van der Waals surface area (Å²) in [5.41, 5.74) is 0. The van der Waals surface area contributed by atoms with Crippen molar-refractivity contribution in [2.24, 2.45) is 5.92 Å². The highest BCUT2D eigenvalue weighted by molar-refractivity contribution is 5.25. The van der Waals surface area contributed by atoms with E-state index in [9.17, 15) is 0 Å². The second-order valence-corrected chi connectivity index (χ2v) is 5.10. The maximum absolute atomic E-state index is 4.38. The van der Waals surface area contributed by atoms with Crippen LogP contribution < -0.4 is 5.32 Å². The van der Waals surface area contributed by atoms with Crippen LogP contribution in [-0.4, -0.2) is 41.1 Å². The smallest absolute Gasteiger partial charge is 0.202 e. The number of rotatable bonds is 5. The van der Waals surface area contributed by atoms with Crippen molar-refractivity contribution in [1.82, 2.24) is 14.5 Å². The highest BCUT2D eigenvalue weighted by Gasteiger charge is 2.17. The molecule has 1 aliphatic heterocycles. The van der Waals surface area contributed by atoms with E-state index in [1.807, 2.05) is 6.20 Å². The summed E-state index contributed by atoms with van der Waals surface area (Å²) >= 11 is 0. The molecule has 2 heterocycles. The second kappa shape index (κ2) is 6.05. The van der Waals surface area contributed by atoms with Crippen LogP contribution in [0.15, 0.2) is 12.4 Å². The van der Waals surface area contributed by atoms with Crippen LogP contribution in [0, 0.1) is 5.92 Å². The lowest BCUT2D eigenvalue weighted by Gasteiger charge is -2.29. The minimum Gasteiger partial charge on any atom is -0.355 e. The lowest BCUT2D eigenvalue weighted by atomic mass is 9.99. The molecule has 17 heavy (non-hydrogen) atoms. The fourth-order valence-electron chi connectivity index (χ4n) is 2.57. The molecular formula is C13H24N4. The van der Waals surface area contributed by atoms with Crippen molar-refractivity contribution in [2.45, 2.75) is 32.7 Å². The number of hydrogen-bond acceptors (Lipinski definition) is 3. The molecule has 1 saturated heterocycles. The Bertz CT molecular complexity index is 334. The molecule has 0 radical (unpaired) electrons. The molecule has 0 bridgehead atoms. The molecule has 0 aliphatic carbocycles. The topological polar surface area (TPSA) is 33.1 Å². The molecule has 96 valence electrons. The van der Waals surface area contributed by atoms with Gasteiger partial charge in [-0.2, -0.15) is 0 Å². The van der Waals surface area contributed by atoms with Crippen LogP contribution in [-0.2, 0) is 6.54 Å². The zero-order valence-corrected chi connectivity index (χ0v) is 11.0. The molecule has 1 fully saturated rings. The van der Waals surface area contributed by atoms with Gasteiger partial charge in [-0.3, -0.25) is 0 Å². The predicted molar refractivity (Wildman–Crippen MR) is 71.2 cm³/mol. The minimum absolute atomic E-state index is 0.764. The predicted octanol–water partition coefficient (Wildman–Crippen LogP) is 2.05. The summed E-state index contributed by atoms with van der Waals surface area (Å²) in [6.45, 7) is 6.75. The molecule has 2 rings (SSSR count). The van der Waals surface area contributed by atoms with Gasteiger partial charge in [-0.15, -0.1) is 0 Å².